The molecule has 1 saturated heterocycles. The van der Waals surface area contributed by atoms with Gasteiger partial charge in [-0.3, -0.25) is 9.69 Å². The number of piperazine rings is 1. The van der Waals surface area contributed by atoms with Crippen molar-refractivity contribution in [3.63, 3.8) is 0 Å². The summed E-state index contributed by atoms with van der Waals surface area (Å²) in [6, 6.07) is 13.4. The van der Waals surface area contributed by atoms with Crippen molar-refractivity contribution >= 4 is 17.3 Å². The topological polar surface area (TPSA) is 65.0 Å². The average molecular weight is 353 g/mol. The summed E-state index contributed by atoms with van der Waals surface area (Å²) in [7, 11) is 0. The molecule has 2 N–H and O–H groups in total. The van der Waals surface area contributed by atoms with E-state index >= 15 is 0 Å². The van der Waals surface area contributed by atoms with Crippen molar-refractivity contribution in [1.82, 2.24) is 4.90 Å². The Morgan fingerprint density at radius 3 is 2.69 bits per heavy atom. The van der Waals surface area contributed by atoms with Crippen molar-refractivity contribution in [2.24, 2.45) is 0 Å². The zero-order chi connectivity index (χ0) is 18.1. The molecule has 1 atom stereocenters. The summed E-state index contributed by atoms with van der Waals surface area (Å²) >= 11 is 0. The Balaban J connectivity index is 1.38. The molecule has 0 radical (unpaired) electrons. The van der Waals surface area contributed by atoms with Gasteiger partial charge in [-0.25, -0.2) is 0 Å². The number of benzene rings is 2. The van der Waals surface area contributed by atoms with Crippen LogP contribution in [0.15, 0.2) is 42.5 Å². The number of aromatic hydroxyl groups is 1. The zero-order valence-electron chi connectivity index (χ0n) is 14.8. The first kappa shape index (κ1) is 16.7. The molecule has 0 aliphatic carbocycles. The highest BCUT2D eigenvalue weighted by Gasteiger charge is 2.24. The number of rotatable bonds is 3. The maximum Gasteiger partial charge on any atom is 0.265 e. The van der Waals surface area contributed by atoms with Crippen LogP contribution in [0, 0.1) is 0 Å². The molecular formula is C20H23N3O3. The highest BCUT2D eigenvalue weighted by Crippen LogP contribution is 2.31. The number of nitrogens with zero attached hydrogens (tertiary/aromatic N) is 2. The van der Waals surface area contributed by atoms with Crippen LogP contribution in [-0.4, -0.2) is 48.2 Å². The number of anilines is 2. The molecule has 2 aliphatic heterocycles. The van der Waals surface area contributed by atoms with E-state index in [2.05, 4.69) is 15.1 Å². The molecule has 0 saturated carbocycles. The number of carbonyl (C=O) groups is 1. The highest BCUT2D eigenvalue weighted by molar-refractivity contribution is 5.97. The van der Waals surface area contributed by atoms with Crippen molar-refractivity contribution in [1.29, 1.82) is 0 Å². The minimum Gasteiger partial charge on any atom is -0.506 e. The van der Waals surface area contributed by atoms with Gasteiger partial charge in [0.15, 0.2) is 6.10 Å². The molecule has 1 fully saturated rings. The lowest BCUT2D eigenvalue weighted by atomic mass is 10.1. The lowest BCUT2D eigenvalue weighted by Crippen LogP contribution is -2.46. The lowest BCUT2D eigenvalue weighted by Gasteiger charge is -2.36. The summed E-state index contributed by atoms with van der Waals surface area (Å²) in [5.74, 6) is 0.969. The van der Waals surface area contributed by atoms with E-state index in [0.717, 1.165) is 49.8 Å². The Morgan fingerprint density at radius 2 is 1.92 bits per heavy atom. The van der Waals surface area contributed by atoms with Gasteiger partial charge in [-0.15, -0.1) is 0 Å². The number of phenolic OH excluding ortho intramolecular Hbond substituents is 1. The van der Waals surface area contributed by atoms with E-state index in [4.69, 9.17) is 4.74 Å². The molecule has 26 heavy (non-hydrogen) atoms. The third-order valence-electron chi connectivity index (χ3n) is 4.98. The Bertz CT molecular complexity index is 816. The molecule has 136 valence electrons. The summed E-state index contributed by atoms with van der Waals surface area (Å²) in [6.07, 6.45) is -0.458. The van der Waals surface area contributed by atoms with Crippen molar-refractivity contribution < 1.29 is 14.6 Å². The van der Waals surface area contributed by atoms with Crippen LogP contribution in [-0.2, 0) is 11.3 Å². The lowest BCUT2D eigenvalue weighted by molar-refractivity contribution is -0.122. The molecule has 2 aromatic rings. The van der Waals surface area contributed by atoms with Gasteiger partial charge in [0.1, 0.15) is 11.5 Å². The fraction of sp³-hybridized carbons (Fsp3) is 0.350. The first-order valence-corrected chi connectivity index (χ1v) is 8.96. The van der Waals surface area contributed by atoms with E-state index in [0.29, 0.717) is 5.75 Å². The number of para-hydroxylation sites is 2. The van der Waals surface area contributed by atoms with Gasteiger partial charge in [0, 0.05) is 32.7 Å². The Hall–Kier alpha value is -2.73. The number of ether oxygens (including phenoxy) is 1. The maximum absolute atomic E-state index is 11.7. The molecule has 1 amide bonds. The minimum absolute atomic E-state index is 0.106. The second kappa shape index (κ2) is 6.88. The van der Waals surface area contributed by atoms with Gasteiger partial charge in [-0.05, 0) is 36.8 Å². The van der Waals surface area contributed by atoms with Crippen LogP contribution in [0.4, 0.5) is 11.4 Å². The van der Waals surface area contributed by atoms with E-state index in [-0.39, 0.29) is 5.91 Å². The number of carbonyl (C=O) groups excluding carboxylic acids is 1. The van der Waals surface area contributed by atoms with Crippen LogP contribution >= 0.6 is 0 Å². The summed E-state index contributed by atoms with van der Waals surface area (Å²) in [6.45, 7) is 6.22. The third kappa shape index (κ3) is 3.32. The van der Waals surface area contributed by atoms with E-state index in [1.165, 1.54) is 5.56 Å². The van der Waals surface area contributed by atoms with Gasteiger partial charge in [0.2, 0.25) is 0 Å². The summed E-state index contributed by atoms with van der Waals surface area (Å²) in [5.41, 5.74) is 2.81. The molecule has 1 unspecified atom stereocenters. The molecule has 6 nitrogen and oxygen atoms in total. The minimum atomic E-state index is -0.458. The van der Waals surface area contributed by atoms with Crippen LogP contribution in [0.25, 0.3) is 0 Å². The number of fused-ring (bicyclic) bond motifs is 1. The number of phenols is 1. The van der Waals surface area contributed by atoms with Gasteiger partial charge >= 0.3 is 0 Å². The van der Waals surface area contributed by atoms with Gasteiger partial charge in [0.05, 0.1) is 11.4 Å². The molecule has 2 aliphatic rings. The molecule has 2 heterocycles. The number of nitrogens with one attached hydrogen (secondary N) is 1. The molecule has 2 aromatic carbocycles. The Labute approximate surface area is 153 Å². The number of hydrogen-bond acceptors (Lipinski definition) is 5. The second-order valence-corrected chi connectivity index (χ2v) is 6.83. The Kier molecular flexibility index (Phi) is 4.42. The molecular weight excluding hydrogens is 330 g/mol. The molecule has 6 heteroatoms. The maximum atomic E-state index is 11.7. The van der Waals surface area contributed by atoms with E-state index in [1.807, 2.05) is 36.4 Å². The van der Waals surface area contributed by atoms with Crippen LogP contribution in [0.5, 0.6) is 11.5 Å². The predicted octanol–water partition coefficient (Wildman–Crippen LogP) is 2.43. The van der Waals surface area contributed by atoms with Crippen LogP contribution in [0.1, 0.15) is 12.5 Å². The van der Waals surface area contributed by atoms with Crippen molar-refractivity contribution in [3.8, 4) is 11.5 Å². The van der Waals surface area contributed by atoms with Crippen molar-refractivity contribution in [2.45, 2.75) is 19.6 Å². The van der Waals surface area contributed by atoms with E-state index in [9.17, 15) is 9.90 Å². The monoisotopic (exact) mass is 353 g/mol. The average Bonchev–Trinajstić information content (AvgIpc) is 2.64. The van der Waals surface area contributed by atoms with E-state index < -0.39 is 6.10 Å². The predicted molar refractivity (Wildman–Crippen MR) is 101 cm³/mol. The second-order valence-electron chi connectivity index (χ2n) is 6.83. The third-order valence-corrected chi connectivity index (χ3v) is 4.98. The Morgan fingerprint density at radius 1 is 1.15 bits per heavy atom. The number of hydrogen-bond donors (Lipinski definition) is 2. The quantitative estimate of drug-likeness (QED) is 0.887. The molecule has 0 aromatic heterocycles. The smallest absolute Gasteiger partial charge is 0.265 e. The largest absolute Gasteiger partial charge is 0.506 e. The number of amides is 1. The van der Waals surface area contributed by atoms with Crippen LogP contribution in [0.3, 0.4) is 0 Å². The SMILES string of the molecule is CC1Oc2cc(CN3CCN(c4ccccc4O)CC3)ccc2NC1=O. The molecule has 0 spiro atoms. The first-order chi connectivity index (χ1) is 12.6. The van der Waals surface area contributed by atoms with E-state index in [1.54, 1.807) is 13.0 Å². The standard InChI is InChI=1S/C20H23N3O3/c1-14-20(25)21-16-7-6-15(12-19(16)26-14)13-22-8-10-23(11-9-22)17-4-2-3-5-18(17)24/h2-7,12,14,24H,8-11,13H2,1H3,(H,21,25). The van der Waals surface area contributed by atoms with Crippen molar-refractivity contribution in [2.75, 3.05) is 36.4 Å². The highest BCUT2D eigenvalue weighted by atomic mass is 16.5. The van der Waals surface area contributed by atoms with Gasteiger partial charge in [-0.1, -0.05) is 18.2 Å². The molecule has 0 bridgehead atoms. The van der Waals surface area contributed by atoms with Crippen LogP contribution in [0.2, 0.25) is 0 Å². The van der Waals surface area contributed by atoms with Gasteiger partial charge < -0.3 is 20.1 Å². The van der Waals surface area contributed by atoms with Gasteiger partial charge in [0.25, 0.3) is 5.91 Å². The van der Waals surface area contributed by atoms with Gasteiger partial charge in [-0.2, -0.15) is 0 Å². The van der Waals surface area contributed by atoms with Crippen molar-refractivity contribution in [3.05, 3.63) is 48.0 Å². The fourth-order valence-corrected chi connectivity index (χ4v) is 3.48. The molecule has 4 rings (SSSR count). The zero-order valence-corrected chi connectivity index (χ0v) is 14.8. The first-order valence-electron chi connectivity index (χ1n) is 8.96. The summed E-state index contributed by atoms with van der Waals surface area (Å²) < 4.78 is 5.70. The fourth-order valence-electron chi connectivity index (χ4n) is 3.48. The normalized spacial score (nSPS) is 20.3. The summed E-state index contributed by atoms with van der Waals surface area (Å²) in [5, 5.41) is 12.9. The van der Waals surface area contributed by atoms with Crippen LogP contribution < -0.4 is 15.0 Å². The summed E-state index contributed by atoms with van der Waals surface area (Å²) in [4.78, 5) is 16.3.